The Balaban J connectivity index is 1.84. The first-order valence-electron chi connectivity index (χ1n) is 6.56. The first-order chi connectivity index (χ1) is 10.6. The van der Waals surface area contributed by atoms with E-state index in [-0.39, 0.29) is 5.69 Å². The van der Waals surface area contributed by atoms with Gasteiger partial charge in [-0.2, -0.15) is 0 Å². The van der Waals surface area contributed by atoms with Crippen LogP contribution in [0.4, 0.5) is 5.69 Å². The van der Waals surface area contributed by atoms with Gasteiger partial charge < -0.3 is 9.55 Å². The van der Waals surface area contributed by atoms with Crippen molar-refractivity contribution in [1.82, 2.24) is 9.55 Å². The number of H-pyrrole nitrogens is 1. The summed E-state index contributed by atoms with van der Waals surface area (Å²) < 4.78 is 2.54. The quantitative estimate of drug-likeness (QED) is 0.340. The van der Waals surface area contributed by atoms with Crippen LogP contribution in [0.5, 0.6) is 0 Å². The second-order valence-corrected chi connectivity index (χ2v) is 5.03. The number of aromatic nitrogens is 2. The number of hydrogen-bond acceptors (Lipinski definition) is 3. The van der Waals surface area contributed by atoms with Crippen LogP contribution in [0.2, 0.25) is 0 Å². The summed E-state index contributed by atoms with van der Waals surface area (Å²) in [7, 11) is 0. The lowest BCUT2D eigenvalue weighted by Gasteiger charge is -1.97. The van der Waals surface area contributed by atoms with Crippen LogP contribution in [-0.2, 0) is 6.54 Å². The number of para-hydroxylation sites is 2. The third-order valence-corrected chi connectivity index (χ3v) is 3.55. The van der Waals surface area contributed by atoms with E-state index in [1.807, 2.05) is 28.8 Å². The summed E-state index contributed by atoms with van der Waals surface area (Å²) >= 11 is 5.29. The van der Waals surface area contributed by atoms with E-state index in [1.165, 1.54) is 12.1 Å². The average Bonchev–Trinajstić information content (AvgIpc) is 2.84. The summed E-state index contributed by atoms with van der Waals surface area (Å²) in [6, 6.07) is 14.0. The summed E-state index contributed by atoms with van der Waals surface area (Å²) in [6.45, 7) is 0.458. The highest BCUT2D eigenvalue weighted by Crippen LogP contribution is 2.13. The van der Waals surface area contributed by atoms with Gasteiger partial charge in [-0.15, -0.1) is 0 Å². The molecule has 1 N–H and O–H groups in total. The van der Waals surface area contributed by atoms with E-state index in [0.717, 1.165) is 16.6 Å². The molecule has 1 aromatic heterocycles. The van der Waals surface area contributed by atoms with Gasteiger partial charge in [0, 0.05) is 17.7 Å². The van der Waals surface area contributed by atoms with Crippen LogP contribution in [0.1, 0.15) is 5.56 Å². The first kappa shape index (κ1) is 14.0. The largest absolute Gasteiger partial charge is 0.331 e. The summed E-state index contributed by atoms with van der Waals surface area (Å²) in [5, 5.41) is 10.6. The molecular weight excluding hydrogens is 298 g/mol. The van der Waals surface area contributed by atoms with E-state index < -0.39 is 4.92 Å². The van der Waals surface area contributed by atoms with Gasteiger partial charge in [-0.1, -0.05) is 24.0 Å². The van der Waals surface area contributed by atoms with Crippen LogP contribution >= 0.6 is 12.2 Å². The van der Waals surface area contributed by atoms with Gasteiger partial charge in [-0.3, -0.25) is 10.1 Å². The number of nitro benzene ring substituents is 1. The summed E-state index contributed by atoms with van der Waals surface area (Å²) in [5.74, 6) is 6.03. The number of nitrogens with zero attached hydrogens (tertiary/aromatic N) is 2. The second kappa shape index (κ2) is 5.84. The lowest BCUT2D eigenvalue weighted by Crippen LogP contribution is -1.95. The maximum atomic E-state index is 10.6. The Morgan fingerprint density at radius 1 is 1.18 bits per heavy atom. The lowest BCUT2D eigenvalue weighted by atomic mass is 10.2. The molecule has 2 aromatic carbocycles. The number of imidazole rings is 1. The Kier molecular flexibility index (Phi) is 3.73. The highest BCUT2D eigenvalue weighted by atomic mass is 32.1. The third-order valence-electron chi connectivity index (χ3n) is 3.23. The normalized spacial score (nSPS) is 10.2. The van der Waals surface area contributed by atoms with E-state index in [2.05, 4.69) is 16.8 Å². The molecule has 0 amide bonds. The van der Waals surface area contributed by atoms with Crippen molar-refractivity contribution >= 4 is 28.9 Å². The van der Waals surface area contributed by atoms with Crippen molar-refractivity contribution in [2.75, 3.05) is 0 Å². The van der Waals surface area contributed by atoms with Crippen LogP contribution in [0.15, 0.2) is 48.5 Å². The topological polar surface area (TPSA) is 63.9 Å². The Hall–Kier alpha value is -2.91. The van der Waals surface area contributed by atoms with E-state index >= 15 is 0 Å². The molecule has 0 radical (unpaired) electrons. The number of hydrogen-bond donors (Lipinski definition) is 1. The molecule has 0 bridgehead atoms. The number of benzene rings is 2. The molecule has 0 unspecified atom stereocenters. The van der Waals surface area contributed by atoms with Crippen molar-refractivity contribution in [3.8, 4) is 11.8 Å². The van der Waals surface area contributed by atoms with Crippen molar-refractivity contribution < 1.29 is 4.92 Å². The number of non-ortho nitro benzene ring substituents is 1. The van der Waals surface area contributed by atoms with Crippen LogP contribution in [0.3, 0.4) is 0 Å². The monoisotopic (exact) mass is 309 g/mol. The molecule has 0 saturated carbocycles. The lowest BCUT2D eigenvalue weighted by molar-refractivity contribution is -0.384. The van der Waals surface area contributed by atoms with Gasteiger partial charge in [0.15, 0.2) is 4.77 Å². The smallest absolute Gasteiger partial charge is 0.269 e. The third kappa shape index (κ3) is 2.75. The van der Waals surface area contributed by atoms with Crippen molar-refractivity contribution in [2.45, 2.75) is 6.54 Å². The molecule has 0 aliphatic carbocycles. The maximum absolute atomic E-state index is 10.6. The molecule has 0 aliphatic rings. The van der Waals surface area contributed by atoms with Gasteiger partial charge in [-0.05, 0) is 36.5 Å². The Labute approximate surface area is 131 Å². The van der Waals surface area contributed by atoms with Crippen LogP contribution in [0.25, 0.3) is 11.0 Å². The van der Waals surface area contributed by atoms with E-state index in [1.54, 1.807) is 12.1 Å². The summed E-state index contributed by atoms with van der Waals surface area (Å²) in [5.41, 5.74) is 2.77. The van der Waals surface area contributed by atoms with Gasteiger partial charge in [0.2, 0.25) is 0 Å². The van der Waals surface area contributed by atoms with Crippen LogP contribution in [0, 0.1) is 26.7 Å². The number of rotatable bonds is 2. The van der Waals surface area contributed by atoms with Gasteiger partial charge in [0.1, 0.15) is 0 Å². The van der Waals surface area contributed by atoms with Crippen LogP contribution in [-0.4, -0.2) is 14.5 Å². The molecule has 1 heterocycles. The molecule has 0 aliphatic heterocycles. The molecule has 22 heavy (non-hydrogen) atoms. The highest BCUT2D eigenvalue weighted by molar-refractivity contribution is 7.71. The molecule has 3 rings (SSSR count). The first-order valence-corrected chi connectivity index (χ1v) is 6.97. The van der Waals surface area contributed by atoms with Gasteiger partial charge >= 0.3 is 0 Å². The van der Waals surface area contributed by atoms with E-state index in [0.29, 0.717) is 11.3 Å². The predicted octanol–water partition coefficient (Wildman–Crippen LogP) is 3.66. The van der Waals surface area contributed by atoms with Gasteiger partial charge in [-0.25, -0.2) is 0 Å². The number of nitro groups is 1. The minimum absolute atomic E-state index is 0.0596. The zero-order valence-electron chi connectivity index (χ0n) is 11.4. The zero-order valence-corrected chi connectivity index (χ0v) is 12.3. The highest BCUT2D eigenvalue weighted by Gasteiger charge is 2.03. The number of aromatic amines is 1. The fourth-order valence-electron chi connectivity index (χ4n) is 2.15. The minimum atomic E-state index is -0.428. The fourth-order valence-corrected chi connectivity index (χ4v) is 2.42. The molecule has 0 atom stereocenters. The standard InChI is InChI=1S/C16H11N3O2S/c20-19(21)13-9-7-12(8-10-13)4-3-11-18-15-6-2-1-5-14(15)17-16(18)22/h1-2,5-10H,11H2,(H,17,22). The molecule has 0 spiro atoms. The van der Waals surface area contributed by atoms with Crippen molar-refractivity contribution in [1.29, 1.82) is 0 Å². The Morgan fingerprint density at radius 3 is 2.64 bits per heavy atom. The van der Waals surface area contributed by atoms with Crippen molar-refractivity contribution in [3.05, 3.63) is 69.0 Å². The van der Waals surface area contributed by atoms with E-state index in [9.17, 15) is 10.1 Å². The molecular formula is C16H11N3O2S. The summed E-state index contributed by atoms with van der Waals surface area (Å²) in [4.78, 5) is 13.3. The Bertz CT molecular complexity index is 959. The predicted molar refractivity (Wildman–Crippen MR) is 87.1 cm³/mol. The molecule has 108 valence electrons. The molecule has 0 saturated heterocycles. The number of fused-ring (bicyclic) bond motifs is 1. The van der Waals surface area contributed by atoms with E-state index in [4.69, 9.17) is 12.2 Å². The fraction of sp³-hybridized carbons (Fsp3) is 0.0625. The molecule has 0 fully saturated rings. The van der Waals surface area contributed by atoms with Crippen molar-refractivity contribution in [3.63, 3.8) is 0 Å². The molecule has 5 nitrogen and oxygen atoms in total. The second-order valence-electron chi connectivity index (χ2n) is 4.64. The number of nitrogens with one attached hydrogen (secondary N) is 1. The Morgan fingerprint density at radius 2 is 1.91 bits per heavy atom. The average molecular weight is 309 g/mol. The SMILES string of the molecule is O=[N+]([O-])c1ccc(C#CCn2c(=S)[nH]c3ccccc32)cc1. The zero-order chi connectivity index (χ0) is 15.5. The maximum Gasteiger partial charge on any atom is 0.269 e. The van der Waals surface area contributed by atoms with Gasteiger partial charge in [0.25, 0.3) is 5.69 Å². The van der Waals surface area contributed by atoms with Gasteiger partial charge in [0.05, 0.1) is 22.5 Å². The molecule has 6 heteroatoms. The minimum Gasteiger partial charge on any atom is -0.331 e. The van der Waals surface area contributed by atoms with Crippen LogP contribution < -0.4 is 0 Å². The van der Waals surface area contributed by atoms with Crippen molar-refractivity contribution in [2.24, 2.45) is 0 Å². The summed E-state index contributed by atoms with van der Waals surface area (Å²) in [6.07, 6.45) is 0. The molecule has 3 aromatic rings.